The summed E-state index contributed by atoms with van der Waals surface area (Å²) in [6.45, 7) is 0.818. The predicted octanol–water partition coefficient (Wildman–Crippen LogP) is 3.75. The number of hydrogen-bond donors (Lipinski definition) is 2. The first-order chi connectivity index (χ1) is 17.1. The van der Waals surface area contributed by atoms with E-state index in [4.69, 9.17) is 11.5 Å². The molecular formula is C28H30N4O3S. The van der Waals surface area contributed by atoms with Crippen LogP contribution >= 0.6 is 0 Å². The van der Waals surface area contributed by atoms with E-state index in [1.165, 1.54) is 34.1 Å². The SMILES string of the molecule is CN(C)Cc1ccc(C2=CC=CC(c3ccccc3N)(S(=O)(=O)n3ccc(/C=C/C(N)=O)c3)C2)cc1. The van der Waals surface area contributed by atoms with Crippen LogP contribution in [0.1, 0.15) is 28.7 Å². The lowest BCUT2D eigenvalue weighted by atomic mass is 9.84. The van der Waals surface area contributed by atoms with Gasteiger partial charge in [-0.3, -0.25) is 8.77 Å². The minimum atomic E-state index is -4.03. The van der Waals surface area contributed by atoms with Crippen molar-refractivity contribution in [3.8, 4) is 0 Å². The van der Waals surface area contributed by atoms with Crippen molar-refractivity contribution in [1.82, 2.24) is 8.87 Å². The number of anilines is 1. The number of carbonyl (C=O) groups is 1. The molecule has 0 aliphatic heterocycles. The molecule has 0 saturated carbocycles. The van der Waals surface area contributed by atoms with Gasteiger partial charge in [0.15, 0.2) is 0 Å². The average Bonchev–Trinajstić information content (AvgIpc) is 3.33. The van der Waals surface area contributed by atoms with Crippen molar-refractivity contribution in [2.75, 3.05) is 19.8 Å². The largest absolute Gasteiger partial charge is 0.398 e. The maximum Gasteiger partial charge on any atom is 0.252 e. The number of amides is 1. The zero-order valence-corrected chi connectivity index (χ0v) is 21.2. The Labute approximate surface area is 212 Å². The van der Waals surface area contributed by atoms with Crippen LogP contribution in [-0.4, -0.2) is 37.3 Å². The van der Waals surface area contributed by atoms with Crippen LogP contribution in [0.4, 0.5) is 5.69 Å². The third-order valence-corrected chi connectivity index (χ3v) is 8.43. The van der Waals surface area contributed by atoms with E-state index < -0.39 is 20.7 Å². The molecule has 4 N–H and O–H groups in total. The summed E-state index contributed by atoms with van der Waals surface area (Å²) in [5.41, 5.74) is 16.0. The van der Waals surface area contributed by atoms with Gasteiger partial charge >= 0.3 is 0 Å². The summed E-state index contributed by atoms with van der Waals surface area (Å²) in [6, 6.07) is 16.8. The number of carbonyl (C=O) groups excluding carboxylic acids is 1. The van der Waals surface area contributed by atoms with Gasteiger partial charge in [-0.25, -0.2) is 8.42 Å². The Morgan fingerprint density at radius 1 is 1.11 bits per heavy atom. The van der Waals surface area contributed by atoms with Gasteiger partial charge in [0.2, 0.25) is 5.91 Å². The summed E-state index contributed by atoms with van der Waals surface area (Å²) >= 11 is 0. The monoisotopic (exact) mass is 502 g/mol. The highest BCUT2D eigenvalue weighted by Gasteiger charge is 2.47. The molecule has 1 aliphatic carbocycles. The summed E-state index contributed by atoms with van der Waals surface area (Å²) in [6.07, 6.45) is 11.3. The maximum atomic E-state index is 14.3. The molecule has 36 heavy (non-hydrogen) atoms. The molecule has 3 aromatic rings. The third-order valence-electron chi connectivity index (χ3n) is 6.22. The van der Waals surface area contributed by atoms with Crippen molar-refractivity contribution in [3.63, 3.8) is 0 Å². The van der Waals surface area contributed by atoms with Gasteiger partial charge in [0.05, 0.1) is 0 Å². The molecule has 8 heteroatoms. The second kappa shape index (κ2) is 10.0. The first-order valence-corrected chi connectivity index (χ1v) is 12.9. The molecule has 1 atom stereocenters. The number of allylic oxidation sites excluding steroid dienone is 3. The Morgan fingerprint density at radius 3 is 2.50 bits per heavy atom. The maximum absolute atomic E-state index is 14.3. The molecule has 7 nitrogen and oxygen atoms in total. The van der Waals surface area contributed by atoms with Gasteiger partial charge in [0, 0.05) is 42.7 Å². The fraction of sp³-hybridized carbons (Fsp3) is 0.179. The molecule has 0 radical (unpaired) electrons. The molecule has 1 aromatic heterocycles. The molecule has 0 bridgehead atoms. The second-order valence-electron chi connectivity index (χ2n) is 9.15. The summed E-state index contributed by atoms with van der Waals surface area (Å²) in [5.74, 6) is -0.610. The van der Waals surface area contributed by atoms with Crippen LogP contribution in [0.2, 0.25) is 0 Å². The van der Waals surface area contributed by atoms with Crippen LogP contribution in [0.15, 0.2) is 91.3 Å². The van der Waals surface area contributed by atoms with Crippen molar-refractivity contribution in [1.29, 1.82) is 0 Å². The summed E-state index contributed by atoms with van der Waals surface area (Å²) in [7, 11) is 0.00251. The van der Waals surface area contributed by atoms with Crippen LogP contribution in [0.5, 0.6) is 0 Å². The zero-order valence-electron chi connectivity index (χ0n) is 20.3. The van der Waals surface area contributed by atoms with Crippen LogP contribution in [0.25, 0.3) is 11.6 Å². The second-order valence-corrected chi connectivity index (χ2v) is 11.3. The van der Waals surface area contributed by atoms with Gasteiger partial charge in [-0.05, 0) is 54.6 Å². The molecule has 1 unspecified atom stereocenters. The molecule has 0 spiro atoms. The molecule has 1 aliphatic rings. The number of rotatable bonds is 8. The van der Waals surface area contributed by atoms with Gasteiger partial charge in [0.25, 0.3) is 10.0 Å². The van der Waals surface area contributed by atoms with Gasteiger partial charge < -0.3 is 16.4 Å². The summed E-state index contributed by atoms with van der Waals surface area (Å²) in [4.78, 5) is 13.2. The fourth-order valence-corrected chi connectivity index (χ4v) is 6.41. The molecule has 4 rings (SSSR count). The zero-order chi connectivity index (χ0) is 25.9. The topological polar surface area (TPSA) is 111 Å². The third kappa shape index (κ3) is 4.91. The quantitative estimate of drug-likeness (QED) is 0.360. The lowest BCUT2D eigenvalue weighted by Gasteiger charge is -2.35. The molecule has 186 valence electrons. The number of nitrogens with zero attached hydrogens (tertiary/aromatic N) is 2. The summed E-state index contributed by atoms with van der Waals surface area (Å²) in [5, 5.41) is 0. The van der Waals surface area contributed by atoms with Gasteiger partial charge in [-0.2, -0.15) is 0 Å². The van der Waals surface area contributed by atoms with Gasteiger partial charge in [-0.15, -0.1) is 0 Å². The van der Waals surface area contributed by atoms with E-state index in [0.29, 0.717) is 16.8 Å². The highest BCUT2D eigenvalue weighted by atomic mass is 32.2. The Kier molecular flexibility index (Phi) is 7.01. The molecule has 1 amide bonds. The van der Waals surface area contributed by atoms with Crippen molar-refractivity contribution in [2.24, 2.45) is 5.73 Å². The van der Waals surface area contributed by atoms with Crippen LogP contribution < -0.4 is 11.5 Å². The lowest BCUT2D eigenvalue weighted by molar-refractivity contribution is -0.113. The standard InChI is InChI=1S/C28H30N4O3S/c1-31(2)19-21-9-12-23(13-10-21)24-6-5-16-28(18-24,25-7-3-4-8-26(25)29)36(34,35)32-17-15-22(20-32)11-14-27(30)33/h3-17,20H,18-19,29H2,1-2H3,(H2,30,33)/b14-11+. The molecule has 2 aromatic carbocycles. The number of para-hydroxylation sites is 1. The van der Waals surface area contributed by atoms with Crippen molar-refractivity contribution in [2.45, 2.75) is 17.7 Å². The normalized spacial score (nSPS) is 18.0. The smallest absolute Gasteiger partial charge is 0.252 e. The van der Waals surface area contributed by atoms with E-state index in [-0.39, 0.29) is 6.42 Å². The number of aromatic nitrogens is 1. The molecule has 1 heterocycles. The first-order valence-electron chi connectivity index (χ1n) is 11.5. The van der Waals surface area contributed by atoms with E-state index in [1.807, 2.05) is 32.3 Å². The van der Waals surface area contributed by atoms with Crippen molar-refractivity contribution in [3.05, 3.63) is 114 Å². The molecule has 0 fully saturated rings. The minimum absolute atomic E-state index is 0.206. The van der Waals surface area contributed by atoms with E-state index in [0.717, 1.165) is 17.7 Å². The fourth-order valence-electron chi connectivity index (χ4n) is 4.50. The highest BCUT2D eigenvalue weighted by Crippen LogP contribution is 2.46. The van der Waals surface area contributed by atoms with Gasteiger partial charge in [0.1, 0.15) is 4.75 Å². The Balaban J connectivity index is 1.79. The number of primary amides is 1. The van der Waals surface area contributed by atoms with Crippen LogP contribution in [-0.2, 0) is 26.1 Å². The molecular weight excluding hydrogens is 472 g/mol. The number of nitrogens with two attached hydrogens (primary N) is 2. The van der Waals surface area contributed by atoms with E-state index >= 15 is 0 Å². The average molecular weight is 503 g/mol. The van der Waals surface area contributed by atoms with Crippen LogP contribution in [0.3, 0.4) is 0 Å². The first kappa shape index (κ1) is 25.2. The summed E-state index contributed by atoms with van der Waals surface area (Å²) < 4.78 is 28.3. The van der Waals surface area contributed by atoms with E-state index in [1.54, 1.807) is 42.5 Å². The predicted molar refractivity (Wildman–Crippen MR) is 145 cm³/mol. The van der Waals surface area contributed by atoms with Crippen LogP contribution in [0, 0.1) is 0 Å². The Morgan fingerprint density at radius 2 is 1.83 bits per heavy atom. The van der Waals surface area contributed by atoms with E-state index in [2.05, 4.69) is 17.0 Å². The lowest BCUT2D eigenvalue weighted by Crippen LogP contribution is -2.39. The number of nitrogen functional groups attached to an aromatic ring is 1. The van der Waals surface area contributed by atoms with Gasteiger partial charge in [-0.1, -0.05) is 60.7 Å². The number of hydrogen-bond acceptors (Lipinski definition) is 5. The number of benzene rings is 2. The minimum Gasteiger partial charge on any atom is -0.398 e. The Bertz CT molecular complexity index is 1460. The highest BCUT2D eigenvalue weighted by molar-refractivity contribution is 7.91. The van der Waals surface area contributed by atoms with Crippen molar-refractivity contribution >= 4 is 33.3 Å². The van der Waals surface area contributed by atoms with E-state index in [9.17, 15) is 13.2 Å². The van der Waals surface area contributed by atoms with Crippen molar-refractivity contribution < 1.29 is 13.2 Å². The Hall–Kier alpha value is -3.88. The molecule has 0 saturated heterocycles.